The number of pyridine rings is 1. The predicted molar refractivity (Wildman–Crippen MR) is 109 cm³/mol. The van der Waals surface area contributed by atoms with Crippen molar-refractivity contribution in [1.82, 2.24) is 10.3 Å². The fraction of sp³-hybridized carbons (Fsp3) is 0.100. The fourth-order valence-corrected chi connectivity index (χ4v) is 4.41. The normalized spacial score (nSPS) is 12.2. The Morgan fingerprint density at radius 2 is 1.71 bits per heavy atom. The first-order chi connectivity index (χ1) is 13.5. The molecule has 2 aromatic carbocycles. The van der Waals surface area contributed by atoms with Crippen LogP contribution in [0.15, 0.2) is 84.0 Å². The smallest absolute Gasteiger partial charge is 0.319 e. The molecule has 2 amide bonds. The third kappa shape index (κ3) is 4.88. The van der Waals surface area contributed by atoms with E-state index in [9.17, 15) is 13.2 Å². The van der Waals surface area contributed by atoms with Gasteiger partial charge in [0.05, 0.1) is 4.90 Å². The van der Waals surface area contributed by atoms with Crippen molar-refractivity contribution >= 4 is 33.2 Å². The molecule has 0 fully saturated rings. The molecule has 3 aromatic rings. The van der Waals surface area contributed by atoms with Gasteiger partial charge in [-0.05, 0) is 48.0 Å². The van der Waals surface area contributed by atoms with Crippen LogP contribution in [-0.4, -0.2) is 26.0 Å². The summed E-state index contributed by atoms with van der Waals surface area (Å²) in [6.45, 7) is -0.116. The molecule has 0 aliphatic carbocycles. The average Bonchev–Trinajstić information content (AvgIpc) is 2.70. The number of nitrogens with zero attached hydrogens (tertiary/aromatic N) is 1. The van der Waals surface area contributed by atoms with Crippen molar-refractivity contribution in [2.75, 3.05) is 11.9 Å². The van der Waals surface area contributed by atoms with Crippen molar-refractivity contribution in [1.29, 1.82) is 0 Å². The number of sulfone groups is 1. The van der Waals surface area contributed by atoms with Crippen LogP contribution in [0.25, 0.3) is 0 Å². The Morgan fingerprint density at radius 1 is 1.00 bits per heavy atom. The molecule has 0 radical (unpaired) electrons. The van der Waals surface area contributed by atoms with Crippen LogP contribution in [0, 0.1) is 0 Å². The van der Waals surface area contributed by atoms with Gasteiger partial charge in [0, 0.05) is 29.6 Å². The quantitative estimate of drug-likeness (QED) is 0.635. The minimum Gasteiger partial charge on any atom is -0.336 e. The minimum absolute atomic E-state index is 0.116. The van der Waals surface area contributed by atoms with Gasteiger partial charge < -0.3 is 10.6 Å². The zero-order valence-corrected chi connectivity index (χ0v) is 16.3. The maximum atomic E-state index is 13.2. The van der Waals surface area contributed by atoms with Crippen molar-refractivity contribution in [2.45, 2.75) is 10.1 Å². The molecule has 3 rings (SSSR count). The van der Waals surface area contributed by atoms with Crippen LogP contribution in [-0.2, 0) is 9.84 Å². The summed E-state index contributed by atoms with van der Waals surface area (Å²) in [5.41, 5.74) is 1.09. The van der Waals surface area contributed by atoms with Gasteiger partial charge in [-0.1, -0.05) is 35.9 Å². The van der Waals surface area contributed by atoms with Gasteiger partial charge in [0.1, 0.15) is 5.25 Å². The van der Waals surface area contributed by atoms with Crippen LogP contribution >= 0.6 is 11.6 Å². The monoisotopic (exact) mass is 415 g/mol. The number of halogens is 1. The third-order valence-electron chi connectivity index (χ3n) is 4.05. The van der Waals surface area contributed by atoms with Gasteiger partial charge in [-0.2, -0.15) is 0 Å². The lowest BCUT2D eigenvalue weighted by Gasteiger charge is -2.19. The van der Waals surface area contributed by atoms with Crippen LogP contribution in [0.1, 0.15) is 10.8 Å². The van der Waals surface area contributed by atoms with Crippen molar-refractivity contribution in [3.05, 3.63) is 89.7 Å². The lowest BCUT2D eigenvalue weighted by atomic mass is 10.2. The second kappa shape index (κ2) is 8.86. The summed E-state index contributed by atoms with van der Waals surface area (Å²) < 4.78 is 26.3. The number of aromatic nitrogens is 1. The highest BCUT2D eigenvalue weighted by atomic mass is 35.5. The van der Waals surface area contributed by atoms with Crippen molar-refractivity contribution < 1.29 is 13.2 Å². The van der Waals surface area contributed by atoms with E-state index in [1.165, 1.54) is 30.5 Å². The number of urea groups is 1. The Hall–Kier alpha value is -2.90. The molecule has 0 bridgehead atoms. The van der Waals surface area contributed by atoms with E-state index in [4.69, 9.17) is 11.6 Å². The molecule has 0 aliphatic rings. The molecule has 0 saturated heterocycles. The Morgan fingerprint density at radius 3 is 2.36 bits per heavy atom. The van der Waals surface area contributed by atoms with E-state index >= 15 is 0 Å². The predicted octanol–water partition coefficient (Wildman–Crippen LogP) is 4.07. The number of nitrogens with one attached hydrogen (secondary N) is 2. The minimum atomic E-state index is -3.78. The van der Waals surface area contributed by atoms with E-state index in [-0.39, 0.29) is 11.4 Å². The lowest BCUT2D eigenvalue weighted by Crippen LogP contribution is -2.35. The zero-order valence-electron chi connectivity index (χ0n) is 14.7. The van der Waals surface area contributed by atoms with E-state index in [1.807, 2.05) is 6.07 Å². The second-order valence-electron chi connectivity index (χ2n) is 5.97. The molecule has 1 aromatic heterocycles. The molecule has 1 atom stereocenters. The molecular weight excluding hydrogens is 398 g/mol. The fourth-order valence-electron chi connectivity index (χ4n) is 2.64. The van der Waals surface area contributed by atoms with Crippen LogP contribution in [0.5, 0.6) is 0 Å². The largest absolute Gasteiger partial charge is 0.336 e. The molecule has 0 aliphatic heterocycles. The van der Waals surface area contributed by atoms with Gasteiger partial charge in [-0.3, -0.25) is 4.98 Å². The van der Waals surface area contributed by atoms with Gasteiger partial charge in [-0.25, -0.2) is 13.2 Å². The maximum Gasteiger partial charge on any atom is 0.319 e. The van der Waals surface area contributed by atoms with Crippen LogP contribution in [0.3, 0.4) is 0 Å². The van der Waals surface area contributed by atoms with Crippen molar-refractivity contribution in [3.8, 4) is 0 Å². The molecule has 144 valence electrons. The van der Waals surface area contributed by atoms with Crippen molar-refractivity contribution in [2.24, 2.45) is 0 Å². The molecular formula is C20H18ClN3O3S. The first-order valence-corrected chi connectivity index (χ1v) is 10.4. The summed E-state index contributed by atoms with van der Waals surface area (Å²) in [5, 5.41) is 4.75. The summed E-state index contributed by atoms with van der Waals surface area (Å²) in [6.07, 6.45) is 3.04. The molecule has 8 heteroatoms. The average molecular weight is 416 g/mol. The number of rotatable bonds is 6. The zero-order chi connectivity index (χ0) is 20.0. The highest BCUT2D eigenvalue weighted by Gasteiger charge is 2.29. The van der Waals surface area contributed by atoms with E-state index in [2.05, 4.69) is 15.6 Å². The van der Waals surface area contributed by atoms with Gasteiger partial charge in [0.2, 0.25) is 0 Å². The lowest BCUT2D eigenvalue weighted by molar-refractivity contribution is 0.252. The van der Waals surface area contributed by atoms with E-state index in [1.54, 1.807) is 42.6 Å². The maximum absolute atomic E-state index is 13.2. The van der Waals surface area contributed by atoms with E-state index in [0.717, 1.165) is 0 Å². The molecule has 28 heavy (non-hydrogen) atoms. The van der Waals surface area contributed by atoms with Gasteiger partial charge >= 0.3 is 6.03 Å². The topological polar surface area (TPSA) is 88.2 Å². The first kappa shape index (κ1) is 19.9. The molecule has 0 unspecified atom stereocenters. The number of hydrogen-bond donors (Lipinski definition) is 2. The summed E-state index contributed by atoms with van der Waals surface area (Å²) in [4.78, 5) is 16.3. The number of carbonyl (C=O) groups is 1. The van der Waals surface area contributed by atoms with E-state index in [0.29, 0.717) is 16.3 Å². The van der Waals surface area contributed by atoms with Crippen molar-refractivity contribution in [3.63, 3.8) is 0 Å². The summed E-state index contributed by atoms with van der Waals surface area (Å²) in [5.74, 6) is 0. The number of carbonyl (C=O) groups excluding carboxylic acids is 1. The van der Waals surface area contributed by atoms with Gasteiger partial charge in [0.25, 0.3) is 0 Å². The third-order valence-corrected chi connectivity index (χ3v) is 6.42. The van der Waals surface area contributed by atoms with E-state index < -0.39 is 21.1 Å². The highest BCUT2D eigenvalue weighted by Crippen LogP contribution is 2.28. The summed E-state index contributed by atoms with van der Waals surface area (Å²) >= 11 is 5.87. The number of hydrogen-bond acceptors (Lipinski definition) is 4. The standard InChI is InChI=1S/C20H18ClN3O3S/c21-16-8-10-18(11-9-16)28(26,27)19(15-5-4-12-22-13-15)14-23-20(25)24-17-6-2-1-3-7-17/h1-13,19H,14H2,(H2,23,24,25)/t19-/m0/s1. The Labute approximate surface area is 168 Å². The molecule has 6 nitrogen and oxygen atoms in total. The number of amides is 2. The van der Waals surface area contributed by atoms with Crippen LogP contribution < -0.4 is 10.6 Å². The van der Waals surface area contributed by atoms with Crippen LogP contribution in [0.2, 0.25) is 5.02 Å². The molecule has 0 saturated carbocycles. The van der Waals surface area contributed by atoms with Gasteiger partial charge in [-0.15, -0.1) is 0 Å². The SMILES string of the molecule is O=C(NC[C@@H](c1cccnc1)S(=O)(=O)c1ccc(Cl)cc1)Nc1ccccc1. The molecule has 0 spiro atoms. The van der Waals surface area contributed by atoms with Crippen LogP contribution in [0.4, 0.5) is 10.5 Å². The first-order valence-electron chi connectivity index (χ1n) is 8.46. The Kier molecular flexibility index (Phi) is 6.28. The summed E-state index contributed by atoms with van der Waals surface area (Å²) in [7, 11) is -3.78. The number of benzene rings is 2. The number of para-hydroxylation sites is 1. The molecule has 1 heterocycles. The summed E-state index contributed by atoms with van der Waals surface area (Å²) in [6, 6.07) is 17.7. The number of anilines is 1. The highest BCUT2D eigenvalue weighted by molar-refractivity contribution is 7.91. The second-order valence-corrected chi connectivity index (χ2v) is 8.54. The Bertz CT molecular complexity index is 1030. The van der Waals surface area contributed by atoms with Gasteiger partial charge in [0.15, 0.2) is 9.84 Å². The molecule has 2 N–H and O–H groups in total. The Balaban J connectivity index is 1.82.